The molecule has 94 valence electrons. The van der Waals surface area contributed by atoms with Crippen molar-refractivity contribution in [2.75, 3.05) is 7.11 Å². The van der Waals surface area contributed by atoms with Gasteiger partial charge in [0.05, 0.1) is 7.11 Å². The Balaban J connectivity index is 2.33. The summed E-state index contributed by atoms with van der Waals surface area (Å²) in [7, 11) is 1.74. The average Bonchev–Trinajstić information content (AvgIpc) is 2.34. The van der Waals surface area contributed by atoms with Crippen LogP contribution in [0.2, 0.25) is 0 Å². The fourth-order valence-electron chi connectivity index (χ4n) is 2.25. The quantitative estimate of drug-likeness (QED) is 0.781. The fourth-order valence-corrected chi connectivity index (χ4v) is 2.25. The van der Waals surface area contributed by atoms with Gasteiger partial charge in [-0.05, 0) is 49.1 Å². The summed E-state index contributed by atoms with van der Waals surface area (Å²) in [5, 5.41) is 0. The molecule has 1 heteroatoms. The van der Waals surface area contributed by atoms with Crippen molar-refractivity contribution in [2.24, 2.45) is 0 Å². The minimum Gasteiger partial charge on any atom is -0.496 e. The second kappa shape index (κ2) is 5.26. The third-order valence-electron chi connectivity index (χ3n) is 3.32. The molecule has 0 N–H and O–H groups in total. The molecule has 1 nitrogen and oxygen atoms in total. The lowest BCUT2D eigenvalue weighted by molar-refractivity contribution is 0.410. The lowest BCUT2D eigenvalue weighted by Crippen LogP contribution is -1.96. The first-order chi connectivity index (χ1) is 8.60. The van der Waals surface area contributed by atoms with Gasteiger partial charge < -0.3 is 4.74 Å². The summed E-state index contributed by atoms with van der Waals surface area (Å²) in [6, 6.07) is 13.0. The zero-order chi connectivity index (χ0) is 13.1. The Morgan fingerprint density at radius 3 is 2.06 bits per heavy atom. The van der Waals surface area contributed by atoms with Crippen LogP contribution in [0.5, 0.6) is 5.75 Å². The third-order valence-corrected chi connectivity index (χ3v) is 3.32. The van der Waals surface area contributed by atoms with Gasteiger partial charge in [-0.25, -0.2) is 0 Å². The Labute approximate surface area is 109 Å². The highest BCUT2D eigenvalue weighted by Gasteiger charge is 2.06. The van der Waals surface area contributed by atoms with Gasteiger partial charge in [-0.3, -0.25) is 0 Å². The van der Waals surface area contributed by atoms with Gasteiger partial charge in [0.15, 0.2) is 0 Å². The van der Waals surface area contributed by atoms with Crippen molar-refractivity contribution in [1.29, 1.82) is 0 Å². The molecule has 0 atom stereocenters. The van der Waals surface area contributed by atoms with Gasteiger partial charge in [0, 0.05) is 6.42 Å². The summed E-state index contributed by atoms with van der Waals surface area (Å²) >= 11 is 0. The predicted octanol–water partition coefficient (Wildman–Crippen LogP) is 4.21. The van der Waals surface area contributed by atoms with Crippen LogP contribution in [0.4, 0.5) is 0 Å². The van der Waals surface area contributed by atoms with Crippen molar-refractivity contribution in [3.05, 3.63) is 64.2 Å². The number of benzene rings is 2. The third kappa shape index (κ3) is 2.73. The molecule has 2 aromatic carbocycles. The number of hydrogen-bond acceptors (Lipinski definition) is 1. The maximum Gasteiger partial charge on any atom is 0.122 e. The van der Waals surface area contributed by atoms with Crippen LogP contribution in [-0.2, 0) is 6.42 Å². The molecule has 0 saturated heterocycles. The van der Waals surface area contributed by atoms with Gasteiger partial charge in [-0.2, -0.15) is 0 Å². The highest BCUT2D eigenvalue weighted by Crippen LogP contribution is 2.24. The molecule has 0 saturated carbocycles. The Bertz CT molecular complexity index is 556. The van der Waals surface area contributed by atoms with Gasteiger partial charge in [0.1, 0.15) is 5.75 Å². The highest BCUT2D eigenvalue weighted by molar-refractivity contribution is 5.42. The van der Waals surface area contributed by atoms with E-state index in [1.165, 1.54) is 27.8 Å². The van der Waals surface area contributed by atoms with Crippen molar-refractivity contribution in [2.45, 2.75) is 27.2 Å². The molecular weight excluding hydrogens is 220 g/mol. The minimum absolute atomic E-state index is 0.926. The second-order valence-electron chi connectivity index (χ2n) is 4.92. The first kappa shape index (κ1) is 12.7. The summed E-state index contributed by atoms with van der Waals surface area (Å²) in [4.78, 5) is 0. The molecule has 0 aliphatic rings. The maximum atomic E-state index is 5.46. The van der Waals surface area contributed by atoms with Crippen LogP contribution in [0.3, 0.4) is 0 Å². The molecular formula is C17H20O. The van der Waals surface area contributed by atoms with Crippen LogP contribution in [0.25, 0.3) is 0 Å². The standard InChI is InChI=1S/C17H20O/c1-12-5-7-15(14(3)9-12)11-16-8-6-13(2)10-17(16)18-4/h5-10H,11H2,1-4H3. The van der Waals surface area contributed by atoms with Crippen LogP contribution < -0.4 is 4.74 Å². The molecule has 0 aliphatic carbocycles. The van der Waals surface area contributed by atoms with E-state index < -0.39 is 0 Å². The van der Waals surface area contributed by atoms with E-state index in [2.05, 4.69) is 57.2 Å². The second-order valence-corrected chi connectivity index (χ2v) is 4.92. The monoisotopic (exact) mass is 240 g/mol. The smallest absolute Gasteiger partial charge is 0.122 e. The van der Waals surface area contributed by atoms with Crippen LogP contribution in [0.15, 0.2) is 36.4 Å². The summed E-state index contributed by atoms with van der Waals surface area (Å²) < 4.78 is 5.46. The molecule has 0 heterocycles. The molecule has 0 unspecified atom stereocenters. The Morgan fingerprint density at radius 2 is 1.44 bits per heavy atom. The SMILES string of the molecule is COc1cc(C)ccc1Cc1ccc(C)cc1C. The van der Waals surface area contributed by atoms with E-state index in [-0.39, 0.29) is 0 Å². The van der Waals surface area contributed by atoms with Crippen molar-refractivity contribution in [3.63, 3.8) is 0 Å². The molecule has 0 fully saturated rings. The van der Waals surface area contributed by atoms with Gasteiger partial charge in [0.25, 0.3) is 0 Å². The largest absolute Gasteiger partial charge is 0.496 e. The molecule has 2 rings (SSSR count). The normalized spacial score (nSPS) is 10.4. The van der Waals surface area contributed by atoms with Crippen molar-refractivity contribution in [3.8, 4) is 5.75 Å². The van der Waals surface area contributed by atoms with Crippen molar-refractivity contribution in [1.82, 2.24) is 0 Å². The molecule has 0 aliphatic heterocycles. The summed E-state index contributed by atoms with van der Waals surface area (Å²) in [5.41, 5.74) is 6.50. The topological polar surface area (TPSA) is 9.23 Å². The highest BCUT2D eigenvalue weighted by atomic mass is 16.5. The van der Waals surface area contributed by atoms with E-state index in [1.807, 2.05) is 0 Å². The average molecular weight is 240 g/mol. The minimum atomic E-state index is 0.926. The predicted molar refractivity (Wildman–Crippen MR) is 76.5 cm³/mol. The molecule has 2 aromatic rings. The number of rotatable bonds is 3. The zero-order valence-electron chi connectivity index (χ0n) is 11.6. The van der Waals surface area contributed by atoms with E-state index in [4.69, 9.17) is 4.74 Å². The van der Waals surface area contributed by atoms with Crippen LogP contribution in [0, 0.1) is 20.8 Å². The van der Waals surface area contributed by atoms with Crippen molar-refractivity contribution < 1.29 is 4.74 Å². The Kier molecular flexibility index (Phi) is 3.71. The summed E-state index contributed by atoms with van der Waals surface area (Å²) in [6.07, 6.45) is 0.926. The Morgan fingerprint density at radius 1 is 0.833 bits per heavy atom. The van der Waals surface area contributed by atoms with E-state index in [0.717, 1.165) is 12.2 Å². The molecule has 0 bridgehead atoms. The van der Waals surface area contributed by atoms with E-state index in [1.54, 1.807) is 7.11 Å². The summed E-state index contributed by atoms with van der Waals surface area (Å²) in [6.45, 7) is 6.38. The van der Waals surface area contributed by atoms with E-state index in [0.29, 0.717) is 0 Å². The maximum absolute atomic E-state index is 5.46. The zero-order valence-corrected chi connectivity index (χ0v) is 11.6. The van der Waals surface area contributed by atoms with Gasteiger partial charge >= 0.3 is 0 Å². The van der Waals surface area contributed by atoms with Crippen LogP contribution in [0.1, 0.15) is 27.8 Å². The molecule has 0 spiro atoms. The van der Waals surface area contributed by atoms with Gasteiger partial charge in [-0.1, -0.05) is 35.9 Å². The van der Waals surface area contributed by atoms with Crippen LogP contribution in [-0.4, -0.2) is 7.11 Å². The number of hydrogen-bond donors (Lipinski definition) is 0. The van der Waals surface area contributed by atoms with Crippen LogP contribution >= 0.6 is 0 Å². The van der Waals surface area contributed by atoms with Gasteiger partial charge in [0.2, 0.25) is 0 Å². The number of aryl methyl sites for hydroxylation is 3. The lowest BCUT2D eigenvalue weighted by Gasteiger charge is -2.11. The summed E-state index contributed by atoms with van der Waals surface area (Å²) in [5.74, 6) is 0.981. The Hall–Kier alpha value is -1.76. The molecule has 0 aromatic heterocycles. The molecule has 0 amide bonds. The van der Waals surface area contributed by atoms with E-state index >= 15 is 0 Å². The van der Waals surface area contributed by atoms with Crippen molar-refractivity contribution >= 4 is 0 Å². The lowest BCUT2D eigenvalue weighted by atomic mass is 9.98. The number of methoxy groups -OCH3 is 1. The first-order valence-corrected chi connectivity index (χ1v) is 6.30. The van der Waals surface area contributed by atoms with E-state index in [9.17, 15) is 0 Å². The first-order valence-electron chi connectivity index (χ1n) is 6.30. The fraction of sp³-hybridized carbons (Fsp3) is 0.294. The van der Waals surface area contributed by atoms with Gasteiger partial charge in [-0.15, -0.1) is 0 Å². The molecule has 0 radical (unpaired) electrons. The molecule has 18 heavy (non-hydrogen) atoms. The number of ether oxygens (including phenoxy) is 1.